The van der Waals surface area contributed by atoms with E-state index in [0.717, 1.165) is 6.42 Å². The van der Waals surface area contributed by atoms with Crippen LogP contribution in [0.5, 0.6) is 0 Å². The molecule has 0 spiro atoms. The van der Waals surface area contributed by atoms with Crippen molar-refractivity contribution in [3.05, 3.63) is 83.4 Å². The molecule has 150 valence electrons. The maximum absolute atomic E-state index is 3.58. The van der Waals surface area contributed by atoms with Crippen molar-refractivity contribution >= 4 is 0 Å². The molecule has 1 unspecified atom stereocenters. The van der Waals surface area contributed by atoms with Gasteiger partial charge in [-0.05, 0) is 48.1 Å². The third-order valence-electron chi connectivity index (χ3n) is 5.76. The van der Waals surface area contributed by atoms with Gasteiger partial charge in [-0.2, -0.15) is 0 Å². The third kappa shape index (κ3) is 3.95. The predicted molar refractivity (Wildman–Crippen MR) is 122 cm³/mol. The molecular weight excluding hydrogens is 354 g/mol. The van der Waals surface area contributed by atoms with Crippen molar-refractivity contribution in [3.63, 3.8) is 0 Å². The van der Waals surface area contributed by atoms with Gasteiger partial charge in [-0.1, -0.05) is 58.0 Å². The van der Waals surface area contributed by atoms with Gasteiger partial charge in [0.2, 0.25) is 0 Å². The lowest BCUT2D eigenvalue weighted by Gasteiger charge is -2.16. The lowest BCUT2D eigenvalue weighted by Crippen LogP contribution is -2.10. The summed E-state index contributed by atoms with van der Waals surface area (Å²) in [5, 5.41) is 0. The zero-order chi connectivity index (χ0) is 20.6. The van der Waals surface area contributed by atoms with Gasteiger partial charge in [0.15, 0.2) is 0 Å². The van der Waals surface area contributed by atoms with Gasteiger partial charge in [-0.3, -0.25) is 0 Å². The zero-order valence-corrected chi connectivity index (χ0v) is 18.1. The smallest absolute Gasteiger partial charge is 0.0509 e. The van der Waals surface area contributed by atoms with Crippen LogP contribution in [0, 0.1) is 6.92 Å². The molecule has 3 N–H and O–H groups in total. The van der Waals surface area contributed by atoms with Gasteiger partial charge in [0, 0.05) is 46.5 Å². The van der Waals surface area contributed by atoms with E-state index in [1.807, 2.05) is 0 Å². The molecule has 3 heterocycles. The van der Waals surface area contributed by atoms with Gasteiger partial charge in [0.05, 0.1) is 5.69 Å². The highest BCUT2D eigenvalue weighted by atomic mass is 14.8. The van der Waals surface area contributed by atoms with Crippen molar-refractivity contribution in [2.45, 2.75) is 52.4 Å². The minimum absolute atomic E-state index is 0.0989. The van der Waals surface area contributed by atoms with E-state index in [4.69, 9.17) is 0 Å². The fraction of sp³-hybridized carbons (Fsp3) is 0.308. The fourth-order valence-electron chi connectivity index (χ4n) is 4.00. The average Bonchev–Trinajstić information content (AvgIpc) is 3.41. The molecule has 1 aromatic carbocycles. The molecule has 1 atom stereocenters. The first-order valence-electron chi connectivity index (χ1n) is 10.4. The molecule has 29 heavy (non-hydrogen) atoms. The van der Waals surface area contributed by atoms with Crippen LogP contribution in [0.3, 0.4) is 0 Å². The van der Waals surface area contributed by atoms with Crippen molar-refractivity contribution in [2.24, 2.45) is 0 Å². The zero-order valence-electron chi connectivity index (χ0n) is 18.1. The largest absolute Gasteiger partial charge is 0.364 e. The number of aryl methyl sites for hydroxylation is 1. The summed E-state index contributed by atoms with van der Waals surface area (Å²) < 4.78 is 0. The Bertz CT molecular complexity index is 1090. The van der Waals surface area contributed by atoms with E-state index >= 15 is 0 Å². The number of benzene rings is 1. The topological polar surface area (TPSA) is 47.4 Å². The van der Waals surface area contributed by atoms with Gasteiger partial charge in [0.1, 0.15) is 0 Å². The predicted octanol–water partition coefficient (Wildman–Crippen LogP) is 6.96. The molecule has 4 aromatic rings. The maximum atomic E-state index is 3.58. The van der Waals surface area contributed by atoms with E-state index < -0.39 is 0 Å². The molecule has 0 aliphatic heterocycles. The van der Waals surface area contributed by atoms with E-state index in [1.54, 1.807) is 0 Å². The summed E-state index contributed by atoms with van der Waals surface area (Å²) in [4.78, 5) is 10.5. The fourth-order valence-corrected chi connectivity index (χ4v) is 4.00. The molecule has 0 fully saturated rings. The minimum Gasteiger partial charge on any atom is -0.364 e. The van der Waals surface area contributed by atoms with E-state index in [0.29, 0.717) is 5.92 Å². The number of hydrogen-bond donors (Lipinski definition) is 3. The SMILES string of the molecule is Cc1c[nH]c(-c2c[nH]c(-c3c[nH]c(C(C)(C)C)c3)c2CC(C)c2ccccc2)c1. The summed E-state index contributed by atoms with van der Waals surface area (Å²) in [6, 6.07) is 15.3. The Morgan fingerprint density at radius 1 is 0.897 bits per heavy atom. The van der Waals surface area contributed by atoms with Crippen LogP contribution in [0.1, 0.15) is 56.0 Å². The number of rotatable bonds is 5. The Kier molecular flexibility index (Phi) is 4.99. The van der Waals surface area contributed by atoms with Crippen LogP contribution in [-0.4, -0.2) is 15.0 Å². The Morgan fingerprint density at radius 2 is 1.66 bits per heavy atom. The Labute approximate surface area is 173 Å². The van der Waals surface area contributed by atoms with Crippen molar-refractivity contribution < 1.29 is 0 Å². The Morgan fingerprint density at radius 3 is 2.28 bits per heavy atom. The molecule has 0 aliphatic rings. The summed E-state index contributed by atoms with van der Waals surface area (Å²) in [5.41, 5.74) is 10.2. The van der Waals surface area contributed by atoms with Crippen LogP contribution in [0.25, 0.3) is 22.5 Å². The van der Waals surface area contributed by atoms with Gasteiger partial charge in [-0.25, -0.2) is 0 Å². The monoisotopic (exact) mass is 385 g/mol. The second-order valence-electron chi connectivity index (χ2n) is 9.21. The summed E-state index contributed by atoms with van der Waals surface area (Å²) >= 11 is 0. The molecule has 3 nitrogen and oxygen atoms in total. The molecule has 0 bridgehead atoms. The van der Waals surface area contributed by atoms with Crippen LogP contribution < -0.4 is 0 Å². The van der Waals surface area contributed by atoms with Crippen molar-refractivity contribution in [2.75, 3.05) is 0 Å². The quantitative estimate of drug-likeness (QED) is 0.333. The molecule has 3 aromatic heterocycles. The normalized spacial score (nSPS) is 13.0. The van der Waals surface area contributed by atoms with Crippen molar-refractivity contribution in [3.8, 4) is 22.5 Å². The van der Waals surface area contributed by atoms with E-state index in [2.05, 4.69) is 111 Å². The third-order valence-corrected chi connectivity index (χ3v) is 5.76. The lowest BCUT2D eigenvalue weighted by atomic mass is 9.89. The number of hydrogen-bond acceptors (Lipinski definition) is 0. The van der Waals surface area contributed by atoms with Gasteiger partial charge < -0.3 is 15.0 Å². The van der Waals surface area contributed by atoms with E-state index in [1.165, 1.54) is 44.9 Å². The minimum atomic E-state index is 0.0989. The van der Waals surface area contributed by atoms with Crippen LogP contribution in [-0.2, 0) is 11.8 Å². The molecule has 0 radical (unpaired) electrons. The van der Waals surface area contributed by atoms with Crippen LogP contribution in [0.2, 0.25) is 0 Å². The highest BCUT2D eigenvalue weighted by molar-refractivity contribution is 5.76. The van der Waals surface area contributed by atoms with Crippen LogP contribution in [0.4, 0.5) is 0 Å². The number of nitrogens with one attached hydrogen (secondary N) is 3. The standard InChI is InChI=1S/C26H31N3/c1-17-11-23(27-14-17)22-16-29-25(20-13-24(28-15-20)26(3,4)5)21(22)12-18(2)19-9-7-6-8-10-19/h6-11,13-16,18,27-29H,12H2,1-5H3. The number of H-pyrrole nitrogens is 3. The summed E-state index contributed by atoms with van der Waals surface area (Å²) in [5.74, 6) is 0.432. The molecule has 0 amide bonds. The van der Waals surface area contributed by atoms with Gasteiger partial charge in [-0.15, -0.1) is 0 Å². The lowest BCUT2D eigenvalue weighted by molar-refractivity contribution is 0.573. The Hall–Kier alpha value is -2.94. The van der Waals surface area contributed by atoms with Crippen LogP contribution >= 0.6 is 0 Å². The molecule has 0 saturated heterocycles. The number of aromatic nitrogens is 3. The number of aromatic amines is 3. The summed E-state index contributed by atoms with van der Waals surface area (Å²) in [6.45, 7) is 11.2. The van der Waals surface area contributed by atoms with Crippen molar-refractivity contribution in [1.82, 2.24) is 15.0 Å². The van der Waals surface area contributed by atoms with Gasteiger partial charge >= 0.3 is 0 Å². The highest BCUT2D eigenvalue weighted by Gasteiger charge is 2.21. The summed E-state index contributed by atoms with van der Waals surface area (Å²) in [6.07, 6.45) is 7.33. The van der Waals surface area contributed by atoms with E-state index in [-0.39, 0.29) is 5.41 Å². The van der Waals surface area contributed by atoms with Crippen LogP contribution in [0.15, 0.2) is 61.1 Å². The van der Waals surface area contributed by atoms with Gasteiger partial charge in [0.25, 0.3) is 0 Å². The average molecular weight is 386 g/mol. The molecule has 4 rings (SSSR count). The molecule has 0 aliphatic carbocycles. The highest BCUT2D eigenvalue weighted by Crippen LogP contribution is 2.37. The molecule has 3 heteroatoms. The van der Waals surface area contributed by atoms with Crippen molar-refractivity contribution in [1.29, 1.82) is 0 Å². The first kappa shape index (κ1) is 19.4. The van der Waals surface area contributed by atoms with E-state index in [9.17, 15) is 0 Å². The molecule has 0 saturated carbocycles. The first-order valence-corrected chi connectivity index (χ1v) is 10.4. The Balaban J connectivity index is 1.77. The first-order chi connectivity index (χ1) is 13.8. The maximum Gasteiger partial charge on any atom is 0.0509 e. The second-order valence-corrected chi connectivity index (χ2v) is 9.21. The summed E-state index contributed by atoms with van der Waals surface area (Å²) in [7, 11) is 0. The second kappa shape index (κ2) is 7.47. The molecular formula is C26H31N3.